The molecule has 0 aliphatic heterocycles. The molecule has 0 aliphatic rings. The molecule has 0 saturated heterocycles. The van der Waals surface area contributed by atoms with Gasteiger partial charge in [-0.3, -0.25) is 0 Å². The average Bonchev–Trinajstić information content (AvgIpc) is 2.49. The maximum atomic E-state index is 13.1. The predicted octanol–water partition coefficient (Wildman–Crippen LogP) is 6.23. The van der Waals surface area contributed by atoms with Crippen LogP contribution in [0.5, 0.6) is 0 Å². The molecule has 0 radical (unpaired) electrons. The highest BCUT2D eigenvalue weighted by molar-refractivity contribution is 5.65. The van der Waals surface area contributed by atoms with Gasteiger partial charge in [0.15, 0.2) is 0 Å². The van der Waals surface area contributed by atoms with Crippen molar-refractivity contribution in [1.29, 1.82) is 0 Å². The minimum Gasteiger partial charge on any atom is -0.249 e. The summed E-state index contributed by atoms with van der Waals surface area (Å²) in [5, 5.41) is 0. The summed E-state index contributed by atoms with van der Waals surface area (Å²) in [6, 6.07) is 3.75. The van der Waals surface area contributed by atoms with Crippen LogP contribution in [0.4, 0.5) is 4.39 Å². The Morgan fingerprint density at radius 2 is 1.84 bits per heavy atom. The lowest BCUT2D eigenvalue weighted by Gasteiger charge is -2.10. The van der Waals surface area contributed by atoms with Crippen molar-refractivity contribution in [2.24, 2.45) is 0 Å². The minimum absolute atomic E-state index is 0.308. The second-order valence-electron chi connectivity index (χ2n) is 3.59. The Morgan fingerprint density at radius 3 is 2.21 bits per heavy atom. The molecule has 1 atom stereocenters. The molecule has 0 aliphatic carbocycles. The molecule has 0 saturated carbocycles. The maximum Gasteiger partial charge on any atom is 0.142 e. The third kappa shape index (κ3) is 6.32. The molecule has 1 nitrogen and oxygen atoms in total. The first-order valence-electron chi connectivity index (χ1n) is 7.08. The van der Waals surface area contributed by atoms with Crippen molar-refractivity contribution in [3.63, 3.8) is 0 Å². The van der Waals surface area contributed by atoms with Crippen LogP contribution in [0.1, 0.15) is 70.8 Å². The standard InChI is InChI=1S/C13H16FN.2C2H6/c1-5-9(3)12-8-7-11(6-2)13(15-12)10(4)14;2*1-2/h6-9H,2,4-5H2,1,3H3;2*1-2H3. The first-order chi connectivity index (χ1) is 9.10. The van der Waals surface area contributed by atoms with Gasteiger partial charge < -0.3 is 0 Å². The van der Waals surface area contributed by atoms with E-state index in [1.165, 1.54) is 0 Å². The number of rotatable bonds is 4. The van der Waals surface area contributed by atoms with E-state index in [2.05, 4.69) is 32.0 Å². The van der Waals surface area contributed by atoms with Crippen LogP contribution in [-0.4, -0.2) is 4.98 Å². The van der Waals surface area contributed by atoms with Crippen LogP contribution in [0, 0.1) is 0 Å². The zero-order valence-electron chi connectivity index (χ0n) is 13.3. The second kappa shape index (κ2) is 11.6. The highest BCUT2D eigenvalue weighted by Crippen LogP contribution is 2.23. The zero-order chi connectivity index (χ0) is 15.4. The number of halogens is 1. The Hall–Kier alpha value is -1.44. The van der Waals surface area contributed by atoms with Gasteiger partial charge in [-0.15, -0.1) is 0 Å². The van der Waals surface area contributed by atoms with Crippen LogP contribution < -0.4 is 0 Å². The molecule has 19 heavy (non-hydrogen) atoms. The average molecular weight is 265 g/mol. The molecular formula is C17H28FN. The van der Waals surface area contributed by atoms with Gasteiger partial charge in [-0.05, 0) is 18.4 Å². The molecule has 0 N–H and O–H groups in total. The second-order valence-corrected chi connectivity index (χ2v) is 3.59. The lowest BCUT2D eigenvalue weighted by molar-refractivity contribution is 0.698. The van der Waals surface area contributed by atoms with Gasteiger partial charge in [-0.1, -0.05) is 66.8 Å². The van der Waals surface area contributed by atoms with E-state index >= 15 is 0 Å². The highest BCUT2D eigenvalue weighted by atomic mass is 19.1. The molecule has 0 spiro atoms. The predicted molar refractivity (Wildman–Crippen MR) is 85.9 cm³/mol. The van der Waals surface area contributed by atoms with E-state index < -0.39 is 5.83 Å². The van der Waals surface area contributed by atoms with Crippen LogP contribution in [0.3, 0.4) is 0 Å². The molecule has 2 heteroatoms. The molecule has 0 aromatic carbocycles. The van der Waals surface area contributed by atoms with E-state index in [-0.39, 0.29) is 0 Å². The monoisotopic (exact) mass is 265 g/mol. The van der Waals surface area contributed by atoms with Crippen molar-refractivity contribution in [1.82, 2.24) is 4.98 Å². The zero-order valence-corrected chi connectivity index (χ0v) is 13.3. The fraction of sp³-hybridized carbons (Fsp3) is 0.471. The van der Waals surface area contributed by atoms with E-state index in [1.54, 1.807) is 6.08 Å². The Labute approximate surface area is 118 Å². The maximum absolute atomic E-state index is 13.1. The molecule has 1 heterocycles. The highest BCUT2D eigenvalue weighted by Gasteiger charge is 2.10. The summed E-state index contributed by atoms with van der Waals surface area (Å²) in [7, 11) is 0. The van der Waals surface area contributed by atoms with Crippen molar-refractivity contribution in [2.45, 2.75) is 53.9 Å². The summed E-state index contributed by atoms with van der Waals surface area (Å²) < 4.78 is 13.1. The summed E-state index contributed by atoms with van der Waals surface area (Å²) in [6.07, 6.45) is 2.58. The van der Waals surface area contributed by atoms with Crippen LogP contribution >= 0.6 is 0 Å². The molecule has 1 unspecified atom stereocenters. The number of pyridine rings is 1. The minimum atomic E-state index is -0.505. The third-order valence-electron chi connectivity index (χ3n) is 2.54. The van der Waals surface area contributed by atoms with Gasteiger partial charge in [0.1, 0.15) is 11.5 Å². The number of hydrogen-bond acceptors (Lipinski definition) is 1. The Kier molecular flexibility index (Phi) is 12.2. The number of nitrogens with zero attached hydrogens (tertiary/aromatic N) is 1. The normalized spacial score (nSPS) is 10.3. The summed E-state index contributed by atoms with van der Waals surface area (Å²) in [4.78, 5) is 4.27. The van der Waals surface area contributed by atoms with Crippen molar-refractivity contribution < 1.29 is 4.39 Å². The van der Waals surface area contributed by atoms with Gasteiger partial charge in [0.05, 0.1) is 0 Å². The van der Waals surface area contributed by atoms with Crippen molar-refractivity contribution >= 4 is 11.9 Å². The lowest BCUT2D eigenvalue weighted by atomic mass is 10.0. The van der Waals surface area contributed by atoms with Gasteiger partial charge >= 0.3 is 0 Å². The lowest BCUT2D eigenvalue weighted by Crippen LogP contribution is -1.99. The van der Waals surface area contributed by atoms with Crippen LogP contribution in [0.25, 0.3) is 11.9 Å². The van der Waals surface area contributed by atoms with E-state index in [0.717, 1.165) is 12.1 Å². The van der Waals surface area contributed by atoms with E-state index in [4.69, 9.17) is 0 Å². The number of aromatic nitrogens is 1. The molecular weight excluding hydrogens is 237 g/mol. The molecule has 1 aromatic rings. The van der Waals surface area contributed by atoms with Gasteiger partial charge in [-0.25, -0.2) is 9.37 Å². The van der Waals surface area contributed by atoms with Crippen LogP contribution in [0.15, 0.2) is 25.3 Å². The van der Waals surface area contributed by atoms with E-state index in [9.17, 15) is 4.39 Å². The smallest absolute Gasteiger partial charge is 0.142 e. The van der Waals surface area contributed by atoms with Gasteiger partial charge in [-0.2, -0.15) is 0 Å². The summed E-state index contributed by atoms with van der Waals surface area (Å²) in [6.45, 7) is 19.1. The molecule has 0 bridgehead atoms. The largest absolute Gasteiger partial charge is 0.249 e. The van der Waals surface area contributed by atoms with Gasteiger partial charge in [0.2, 0.25) is 0 Å². The van der Waals surface area contributed by atoms with Gasteiger partial charge in [0, 0.05) is 11.3 Å². The van der Waals surface area contributed by atoms with Crippen molar-refractivity contribution in [3.8, 4) is 0 Å². The molecule has 0 fully saturated rings. The quantitative estimate of drug-likeness (QED) is 0.628. The SMILES string of the molecule is C=Cc1ccc(C(C)CC)nc1C(=C)F.CC.CC. The third-order valence-corrected chi connectivity index (χ3v) is 2.54. The summed E-state index contributed by atoms with van der Waals surface area (Å²) in [5.41, 5.74) is 1.90. The first kappa shape index (κ1) is 19.9. The fourth-order valence-corrected chi connectivity index (χ4v) is 1.35. The molecule has 1 rings (SSSR count). The summed E-state index contributed by atoms with van der Waals surface area (Å²) in [5.74, 6) is -0.169. The first-order valence-corrected chi connectivity index (χ1v) is 7.08. The Bertz CT molecular complexity index is 383. The van der Waals surface area contributed by atoms with E-state index in [0.29, 0.717) is 17.2 Å². The molecule has 1 aromatic heterocycles. The Morgan fingerprint density at radius 1 is 1.32 bits per heavy atom. The Balaban J connectivity index is 0. The van der Waals surface area contributed by atoms with Crippen molar-refractivity contribution in [2.75, 3.05) is 0 Å². The van der Waals surface area contributed by atoms with Gasteiger partial charge in [0.25, 0.3) is 0 Å². The van der Waals surface area contributed by atoms with Crippen LogP contribution in [0.2, 0.25) is 0 Å². The van der Waals surface area contributed by atoms with E-state index in [1.807, 2.05) is 39.8 Å². The molecule has 0 amide bonds. The topological polar surface area (TPSA) is 12.9 Å². The molecule has 108 valence electrons. The number of hydrogen-bond donors (Lipinski definition) is 0. The van der Waals surface area contributed by atoms with Crippen LogP contribution in [-0.2, 0) is 0 Å². The fourth-order valence-electron chi connectivity index (χ4n) is 1.35. The summed E-state index contributed by atoms with van der Waals surface area (Å²) >= 11 is 0. The van der Waals surface area contributed by atoms with Crippen molar-refractivity contribution in [3.05, 3.63) is 42.2 Å².